The highest BCUT2D eigenvalue weighted by molar-refractivity contribution is 6.33. The molecule has 0 radical (unpaired) electrons. The molecule has 0 bridgehead atoms. The van der Waals surface area contributed by atoms with E-state index in [1.54, 1.807) is 19.1 Å². The number of hydrogen-bond acceptors (Lipinski definition) is 3. The summed E-state index contributed by atoms with van der Waals surface area (Å²) in [6.07, 6.45) is 0.107. The summed E-state index contributed by atoms with van der Waals surface area (Å²) in [5.74, 6) is -0.853. The largest absolute Gasteiger partial charge is 0.464 e. The van der Waals surface area contributed by atoms with Crippen molar-refractivity contribution in [3.05, 3.63) is 69.1 Å². The first-order valence-corrected chi connectivity index (χ1v) is 9.28. The fourth-order valence-corrected chi connectivity index (χ4v) is 3.55. The van der Waals surface area contributed by atoms with Crippen molar-refractivity contribution in [1.82, 2.24) is 9.55 Å². The Labute approximate surface area is 175 Å². The smallest absolute Gasteiger partial charge is 0.416 e. The molecule has 2 heterocycles. The van der Waals surface area contributed by atoms with Crippen LogP contribution in [-0.2, 0) is 6.54 Å². The van der Waals surface area contributed by atoms with E-state index in [9.17, 15) is 19.1 Å². The molecule has 150 valence electrons. The first kappa shape index (κ1) is 20.8. The van der Waals surface area contributed by atoms with Crippen LogP contribution in [0.2, 0.25) is 10.2 Å². The molecule has 2 aromatic heterocycles. The van der Waals surface area contributed by atoms with Crippen LogP contribution in [0.5, 0.6) is 0 Å². The SMILES string of the molecule is C=C(C)N(C(=O)O)c1cc(-c2cc3cnc(Cl)cc3n(CC)c2=O)c(Cl)cc1F. The number of allylic oxidation sites excluding steroid dienone is 1. The highest BCUT2D eigenvalue weighted by Gasteiger charge is 2.23. The van der Waals surface area contributed by atoms with Crippen LogP contribution in [-0.4, -0.2) is 20.8 Å². The normalized spacial score (nSPS) is 10.9. The fraction of sp³-hybridized carbons (Fsp3) is 0.150. The summed E-state index contributed by atoms with van der Waals surface area (Å²) < 4.78 is 16.0. The van der Waals surface area contributed by atoms with E-state index in [0.717, 1.165) is 6.07 Å². The molecule has 0 aliphatic carbocycles. The van der Waals surface area contributed by atoms with Crippen molar-refractivity contribution < 1.29 is 14.3 Å². The minimum atomic E-state index is -1.41. The lowest BCUT2D eigenvalue weighted by Gasteiger charge is -2.21. The van der Waals surface area contributed by atoms with Crippen molar-refractivity contribution in [1.29, 1.82) is 0 Å². The molecule has 0 saturated carbocycles. The van der Waals surface area contributed by atoms with Crippen molar-refractivity contribution in [3.63, 3.8) is 0 Å². The summed E-state index contributed by atoms with van der Waals surface area (Å²) in [6.45, 7) is 7.14. The van der Waals surface area contributed by atoms with Crippen LogP contribution in [0.1, 0.15) is 13.8 Å². The average molecular weight is 436 g/mol. The number of anilines is 1. The number of fused-ring (bicyclic) bond motifs is 1. The highest BCUT2D eigenvalue weighted by Crippen LogP contribution is 2.35. The van der Waals surface area contributed by atoms with Gasteiger partial charge in [0.15, 0.2) is 0 Å². The highest BCUT2D eigenvalue weighted by atomic mass is 35.5. The lowest BCUT2D eigenvalue weighted by atomic mass is 10.0. The number of carboxylic acid groups (broad SMARTS) is 1. The quantitative estimate of drug-likeness (QED) is 0.545. The third-order valence-electron chi connectivity index (χ3n) is 4.40. The number of aromatic nitrogens is 2. The number of rotatable bonds is 4. The molecule has 0 aliphatic rings. The Morgan fingerprint density at radius 3 is 2.55 bits per heavy atom. The van der Waals surface area contributed by atoms with E-state index in [1.165, 1.54) is 23.8 Å². The molecule has 0 atom stereocenters. The van der Waals surface area contributed by atoms with Gasteiger partial charge in [-0.25, -0.2) is 19.1 Å². The minimum Gasteiger partial charge on any atom is -0.464 e. The molecule has 3 aromatic rings. The van der Waals surface area contributed by atoms with Gasteiger partial charge in [0.25, 0.3) is 5.56 Å². The third kappa shape index (κ3) is 3.71. The predicted molar refractivity (Wildman–Crippen MR) is 112 cm³/mol. The van der Waals surface area contributed by atoms with Gasteiger partial charge < -0.3 is 9.67 Å². The van der Waals surface area contributed by atoms with Crippen LogP contribution >= 0.6 is 23.2 Å². The summed E-state index contributed by atoms with van der Waals surface area (Å²) in [6, 6.07) is 5.36. The van der Waals surface area contributed by atoms with E-state index in [1.807, 2.05) is 0 Å². The summed E-state index contributed by atoms with van der Waals surface area (Å²) in [5.41, 5.74) is 0.406. The minimum absolute atomic E-state index is 0.0284. The molecule has 1 amide bonds. The number of aryl methyl sites for hydroxylation is 1. The molecular formula is C20H16Cl2FN3O3. The van der Waals surface area contributed by atoms with Gasteiger partial charge in [-0.1, -0.05) is 29.8 Å². The first-order chi connectivity index (χ1) is 13.6. The Morgan fingerprint density at radius 2 is 1.97 bits per heavy atom. The maximum absolute atomic E-state index is 14.5. The molecule has 0 aliphatic heterocycles. The van der Waals surface area contributed by atoms with E-state index in [2.05, 4.69) is 11.6 Å². The Kier molecular flexibility index (Phi) is 5.64. The molecule has 0 saturated heterocycles. The van der Waals surface area contributed by atoms with Crippen LogP contribution in [0.25, 0.3) is 22.0 Å². The number of carbonyl (C=O) groups is 1. The maximum Gasteiger partial charge on any atom is 0.416 e. The summed E-state index contributed by atoms with van der Waals surface area (Å²) >= 11 is 12.2. The van der Waals surface area contributed by atoms with E-state index in [4.69, 9.17) is 23.2 Å². The Hall–Kier alpha value is -2.90. The van der Waals surface area contributed by atoms with Crippen LogP contribution in [0.4, 0.5) is 14.9 Å². The second kappa shape index (κ2) is 7.85. The number of nitrogens with zero attached hydrogens (tertiary/aromatic N) is 3. The van der Waals surface area contributed by atoms with Gasteiger partial charge in [-0.2, -0.15) is 0 Å². The van der Waals surface area contributed by atoms with Crippen LogP contribution < -0.4 is 10.5 Å². The number of amides is 1. The maximum atomic E-state index is 14.5. The van der Waals surface area contributed by atoms with E-state index in [0.29, 0.717) is 22.3 Å². The average Bonchev–Trinajstić information content (AvgIpc) is 2.63. The molecule has 0 spiro atoms. The number of benzene rings is 1. The Morgan fingerprint density at radius 1 is 1.28 bits per heavy atom. The topological polar surface area (TPSA) is 75.4 Å². The zero-order valence-corrected chi connectivity index (χ0v) is 17.1. The molecule has 9 heteroatoms. The number of pyridine rings is 2. The zero-order valence-electron chi connectivity index (χ0n) is 15.5. The van der Waals surface area contributed by atoms with Gasteiger partial charge in [0.05, 0.1) is 16.2 Å². The molecular weight excluding hydrogens is 420 g/mol. The predicted octanol–water partition coefficient (Wildman–Crippen LogP) is 5.55. The summed E-state index contributed by atoms with van der Waals surface area (Å²) in [7, 11) is 0. The summed E-state index contributed by atoms with van der Waals surface area (Å²) in [4.78, 5) is 29.4. The second-order valence-corrected chi connectivity index (χ2v) is 7.10. The number of halogens is 3. The first-order valence-electron chi connectivity index (χ1n) is 8.52. The van der Waals surface area contributed by atoms with Gasteiger partial charge in [0.2, 0.25) is 0 Å². The van der Waals surface area contributed by atoms with Gasteiger partial charge in [-0.3, -0.25) is 4.79 Å². The van der Waals surface area contributed by atoms with Gasteiger partial charge in [-0.05, 0) is 38.1 Å². The molecule has 29 heavy (non-hydrogen) atoms. The summed E-state index contributed by atoms with van der Waals surface area (Å²) in [5, 5.41) is 10.3. The standard InChI is InChI=1S/C20H16Cl2FN3O3/c1-4-25-16-8-18(22)24-9-11(16)5-13(19(25)27)12-6-17(15(23)7-14(12)21)26(10(2)3)20(28)29/h5-9H,2,4H2,1,3H3,(H,28,29). The lowest BCUT2D eigenvalue weighted by Crippen LogP contribution is -2.28. The van der Waals surface area contributed by atoms with Crippen molar-refractivity contribution in [2.45, 2.75) is 20.4 Å². The van der Waals surface area contributed by atoms with Gasteiger partial charge in [0, 0.05) is 35.0 Å². The van der Waals surface area contributed by atoms with Crippen LogP contribution in [0.15, 0.2) is 47.5 Å². The van der Waals surface area contributed by atoms with E-state index >= 15 is 0 Å². The lowest BCUT2D eigenvalue weighted by molar-refractivity contribution is 0.203. The zero-order chi connectivity index (χ0) is 21.5. The molecule has 1 aromatic carbocycles. The van der Waals surface area contributed by atoms with E-state index < -0.39 is 11.9 Å². The molecule has 1 N–H and O–H groups in total. The van der Waals surface area contributed by atoms with Crippen molar-refractivity contribution in [2.24, 2.45) is 0 Å². The van der Waals surface area contributed by atoms with Crippen molar-refractivity contribution in [2.75, 3.05) is 4.90 Å². The van der Waals surface area contributed by atoms with Gasteiger partial charge in [0.1, 0.15) is 11.0 Å². The van der Waals surface area contributed by atoms with Gasteiger partial charge in [-0.15, -0.1) is 0 Å². The van der Waals surface area contributed by atoms with Crippen LogP contribution in [0.3, 0.4) is 0 Å². The Bertz CT molecular complexity index is 1210. The molecule has 0 fully saturated rings. The molecule has 6 nitrogen and oxygen atoms in total. The fourth-order valence-electron chi connectivity index (χ4n) is 3.14. The molecule has 0 unspecified atom stereocenters. The second-order valence-electron chi connectivity index (χ2n) is 6.31. The van der Waals surface area contributed by atoms with Crippen molar-refractivity contribution >= 4 is 45.9 Å². The Balaban J connectivity index is 2.35. The number of hydrogen-bond donors (Lipinski definition) is 1. The van der Waals surface area contributed by atoms with Crippen molar-refractivity contribution in [3.8, 4) is 11.1 Å². The van der Waals surface area contributed by atoms with E-state index in [-0.39, 0.29) is 38.2 Å². The molecule has 3 rings (SSSR count). The van der Waals surface area contributed by atoms with Gasteiger partial charge >= 0.3 is 6.09 Å². The monoisotopic (exact) mass is 435 g/mol. The van der Waals surface area contributed by atoms with Crippen LogP contribution in [0, 0.1) is 5.82 Å². The third-order valence-corrected chi connectivity index (χ3v) is 4.92.